The fraction of sp³-hybridized carbons (Fsp3) is 0.158. The summed E-state index contributed by atoms with van der Waals surface area (Å²) in [6.07, 6.45) is 8.14. The first-order valence-electron chi connectivity index (χ1n) is 7.24. The fourth-order valence-corrected chi connectivity index (χ4v) is 2.98. The van der Waals surface area contributed by atoms with Gasteiger partial charge in [0.1, 0.15) is 5.66 Å². The summed E-state index contributed by atoms with van der Waals surface area (Å²) in [5.74, 6) is 0. The average molecular weight is 310 g/mol. The third kappa shape index (κ3) is 3.25. The predicted molar refractivity (Wildman–Crippen MR) is 101 cm³/mol. The molecule has 8 N–H and O–H groups in total. The maximum absolute atomic E-state index is 3.82. The molecular formula is C19H26N4. The number of rotatable bonds is 6. The SMILES string of the molecule is C=CCNC1(NCC=C)C=Cc2cccc3cccc1c23.N.N. The Balaban J connectivity index is 0.00000132. The zero-order chi connectivity index (χ0) is 14.7. The molecule has 4 heteroatoms. The molecule has 2 aromatic carbocycles. The molecule has 2 aromatic rings. The van der Waals surface area contributed by atoms with E-state index in [0.717, 1.165) is 13.1 Å². The van der Waals surface area contributed by atoms with Crippen molar-refractivity contribution in [3.8, 4) is 0 Å². The van der Waals surface area contributed by atoms with E-state index in [9.17, 15) is 0 Å². The molecule has 0 radical (unpaired) electrons. The van der Waals surface area contributed by atoms with Crippen molar-refractivity contribution in [3.63, 3.8) is 0 Å². The van der Waals surface area contributed by atoms with Crippen molar-refractivity contribution in [1.29, 1.82) is 0 Å². The van der Waals surface area contributed by atoms with E-state index in [1.165, 1.54) is 21.9 Å². The highest BCUT2D eigenvalue weighted by atomic mass is 15.2. The van der Waals surface area contributed by atoms with Crippen LogP contribution in [-0.2, 0) is 5.66 Å². The van der Waals surface area contributed by atoms with Crippen LogP contribution in [0.25, 0.3) is 16.8 Å². The molecule has 0 atom stereocenters. The lowest BCUT2D eigenvalue weighted by Gasteiger charge is -2.37. The molecule has 0 bridgehead atoms. The summed E-state index contributed by atoms with van der Waals surface area (Å²) in [5.41, 5.74) is 2.14. The first kappa shape index (κ1) is 18.8. The van der Waals surface area contributed by atoms with Gasteiger partial charge < -0.3 is 12.3 Å². The van der Waals surface area contributed by atoms with Gasteiger partial charge >= 0.3 is 0 Å². The van der Waals surface area contributed by atoms with Crippen LogP contribution >= 0.6 is 0 Å². The Hall–Kier alpha value is -2.24. The molecule has 0 aromatic heterocycles. The molecule has 0 spiro atoms. The van der Waals surface area contributed by atoms with E-state index < -0.39 is 0 Å². The van der Waals surface area contributed by atoms with Gasteiger partial charge in [-0.05, 0) is 28.0 Å². The molecule has 0 unspecified atom stereocenters. The van der Waals surface area contributed by atoms with Crippen LogP contribution in [0.15, 0.2) is 67.8 Å². The fourth-order valence-electron chi connectivity index (χ4n) is 2.98. The zero-order valence-corrected chi connectivity index (χ0v) is 13.5. The summed E-state index contributed by atoms with van der Waals surface area (Å²) in [5, 5.41) is 9.68. The number of hydrogen-bond donors (Lipinski definition) is 4. The second-order valence-electron chi connectivity index (χ2n) is 5.23. The number of hydrogen-bond acceptors (Lipinski definition) is 4. The van der Waals surface area contributed by atoms with Gasteiger partial charge in [0, 0.05) is 13.1 Å². The van der Waals surface area contributed by atoms with Gasteiger partial charge in [-0.1, -0.05) is 54.6 Å². The third-order valence-corrected chi connectivity index (χ3v) is 3.93. The Bertz CT molecular complexity index is 701. The summed E-state index contributed by atoms with van der Waals surface area (Å²) in [6, 6.07) is 12.9. The van der Waals surface area contributed by atoms with Crippen LogP contribution in [0.2, 0.25) is 0 Å². The first-order valence-corrected chi connectivity index (χ1v) is 7.24. The van der Waals surface area contributed by atoms with Crippen molar-refractivity contribution >= 4 is 16.8 Å². The highest BCUT2D eigenvalue weighted by molar-refractivity contribution is 5.96. The van der Waals surface area contributed by atoms with Gasteiger partial charge in [-0.25, -0.2) is 0 Å². The van der Waals surface area contributed by atoms with Crippen LogP contribution in [-0.4, -0.2) is 13.1 Å². The van der Waals surface area contributed by atoms with Crippen LogP contribution < -0.4 is 22.9 Å². The highest BCUT2D eigenvalue weighted by Crippen LogP contribution is 2.35. The normalized spacial score (nSPS) is 13.7. The molecule has 0 saturated heterocycles. The second kappa shape index (κ2) is 7.85. The smallest absolute Gasteiger partial charge is 0.116 e. The highest BCUT2D eigenvalue weighted by Gasteiger charge is 2.32. The number of benzene rings is 2. The van der Waals surface area contributed by atoms with Gasteiger partial charge in [-0.2, -0.15) is 0 Å². The van der Waals surface area contributed by atoms with Crippen molar-refractivity contribution in [2.75, 3.05) is 13.1 Å². The molecule has 0 amide bonds. The van der Waals surface area contributed by atoms with E-state index in [4.69, 9.17) is 0 Å². The maximum atomic E-state index is 3.82. The quantitative estimate of drug-likeness (QED) is 0.481. The Labute approximate surface area is 138 Å². The topological polar surface area (TPSA) is 94.1 Å². The Morgan fingerprint density at radius 2 is 1.52 bits per heavy atom. The lowest BCUT2D eigenvalue weighted by molar-refractivity contribution is 0.363. The van der Waals surface area contributed by atoms with Crippen molar-refractivity contribution in [1.82, 2.24) is 22.9 Å². The molecule has 1 aliphatic rings. The van der Waals surface area contributed by atoms with Crippen molar-refractivity contribution < 1.29 is 0 Å². The minimum Gasteiger partial charge on any atom is -0.344 e. The van der Waals surface area contributed by atoms with E-state index in [2.05, 4.69) is 72.3 Å². The predicted octanol–water partition coefficient (Wildman–Crippen LogP) is 3.89. The minimum absolute atomic E-state index is 0. The van der Waals surface area contributed by atoms with Crippen LogP contribution in [0.5, 0.6) is 0 Å². The second-order valence-corrected chi connectivity index (χ2v) is 5.23. The third-order valence-electron chi connectivity index (χ3n) is 3.93. The summed E-state index contributed by atoms with van der Waals surface area (Å²) in [7, 11) is 0. The standard InChI is InChI=1S/C19H20N2.2H3N/c1-3-13-20-19(21-14-4-2)12-11-16-8-5-7-15-9-6-10-17(19)18(15)16;;/h3-12,20-21H,1-2,13-14H2;2*1H3. The van der Waals surface area contributed by atoms with Crippen molar-refractivity contribution in [2.45, 2.75) is 5.66 Å². The van der Waals surface area contributed by atoms with Crippen molar-refractivity contribution in [2.24, 2.45) is 0 Å². The van der Waals surface area contributed by atoms with Gasteiger partial charge in [0.25, 0.3) is 0 Å². The Morgan fingerprint density at radius 1 is 0.913 bits per heavy atom. The molecule has 1 aliphatic carbocycles. The number of nitrogens with one attached hydrogen (secondary N) is 2. The largest absolute Gasteiger partial charge is 0.344 e. The lowest BCUT2D eigenvalue weighted by Crippen LogP contribution is -2.53. The molecule has 0 saturated carbocycles. The van der Waals surface area contributed by atoms with Crippen LogP contribution in [0.4, 0.5) is 0 Å². The van der Waals surface area contributed by atoms with E-state index in [1.807, 2.05) is 12.2 Å². The van der Waals surface area contributed by atoms with Gasteiger partial charge in [-0.3, -0.25) is 10.6 Å². The molecular weight excluding hydrogens is 284 g/mol. The molecule has 0 heterocycles. The Kier molecular flexibility index (Phi) is 6.42. The molecule has 4 nitrogen and oxygen atoms in total. The van der Waals surface area contributed by atoms with Crippen LogP contribution in [0, 0.1) is 0 Å². The lowest BCUT2D eigenvalue weighted by atomic mass is 9.85. The summed E-state index contributed by atoms with van der Waals surface area (Å²) in [4.78, 5) is 0. The van der Waals surface area contributed by atoms with Gasteiger partial charge in [-0.15, -0.1) is 13.2 Å². The minimum atomic E-state index is -0.379. The van der Waals surface area contributed by atoms with Gasteiger partial charge in [0.05, 0.1) is 0 Å². The van der Waals surface area contributed by atoms with E-state index in [1.54, 1.807) is 0 Å². The monoisotopic (exact) mass is 310 g/mol. The van der Waals surface area contributed by atoms with Gasteiger partial charge in [0.15, 0.2) is 0 Å². The molecule has 3 rings (SSSR count). The van der Waals surface area contributed by atoms with Crippen LogP contribution in [0.3, 0.4) is 0 Å². The van der Waals surface area contributed by atoms with E-state index in [0.29, 0.717) is 0 Å². The molecule has 23 heavy (non-hydrogen) atoms. The summed E-state index contributed by atoms with van der Waals surface area (Å²) >= 11 is 0. The maximum Gasteiger partial charge on any atom is 0.116 e. The summed E-state index contributed by atoms with van der Waals surface area (Å²) < 4.78 is 0. The van der Waals surface area contributed by atoms with Crippen LogP contribution in [0.1, 0.15) is 11.1 Å². The van der Waals surface area contributed by atoms with Crippen molar-refractivity contribution in [3.05, 3.63) is 78.9 Å². The molecule has 122 valence electrons. The molecule has 0 aliphatic heterocycles. The zero-order valence-electron chi connectivity index (χ0n) is 13.5. The van der Waals surface area contributed by atoms with E-state index in [-0.39, 0.29) is 18.0 Å². The summed E-state index contributed by atoms with van der Waals surface area (Å²) in [6.45, 7) is 9.09. The van der Waals surface area contributed by atoms with E-state index >= 15 is 0 Å². The average Bonchev–Trinajstić information content (AvgIpc) is 2.54. The Morgan fingerprint density at radius 3 is 2.13 bits per heavy atom. The van der Waals surface area contributed by atoms with Gasteiger partial charge in [0.2, 0.25) is 0 Å². The molecule has 0 fully saturated rings. The first-order chi connectivity index (χ1) is 10.3.